The van der Waals surface area contributed by atoms with Gasteiger partial charge in [0, 0.05) is 16.1 Å². The first-order chi connectivity index (χ1) is 13.5. The number of benzene rings is 2. The van der Waals surface area contributed by atoms with Crippen molar-refractivity contribution in [1.82, 2.24) is 4.98 Å². The molecule has 0 fully saturated rings. The fraction of sp³-hybridized carbons (Fsp3) is 0.150. The zero-order valence-corrected chi connectivity index (χ0v) is 15.4. The number of amides is 2. The van der Waals surface area contributed by atoms with Crippen LogP contribution in [0.25, 0.3) is 0 Å². The molecule has 0 bridgehead atoms. The van der Waals surface area contributed by atoms with E-state index in [9.17, 15) is 18.4 Å². The molecule has 3 aromatic rings. The van der Waals surface area contributed by atoms with Crippen LogP contribution in [0.15, 0.2) is 48.5 Å². The summed E-state index contributed by atoms with van der Waals surface area (Å²) in [5.74, 6) is -1.82. The van der Waals surface area contributed by atoms with E-state index in [1.54, 1.807) is 0 Å². The third-order valence-corrected chi connectivity index (χ3v) is 5.52. The van der Waals surface area contributed by atoms with E-state index in [1.165, 1.54) is 59.9 Å². The van der Waals surface area contributed by atoms with Crippen LogP contribution in [0.2, 0.25) is 0 Å². The van der Waals surface area contributed by atoms with Gasteiger partial charge in [0.2, 0.25) is 5.91 Å². The monoisotopic (exact) mass is 399 g/mol. The van der Waals surface area contributed by atoms with Crippen molar-refractivity contribution in [1.29, 1.82) is 0 Å². The summed E-state index contributed by atoms with van der Waals surface area (Å²) >= 11 is 1.33. The second-order valence-electron chi connectivity index (χ2n) is 6.38. The molecule has 0 spiro atoms. The van der Waals surface area contributed by atoms with Gasteiger partial charge >= 0.3 is 0 Å². The van der Waals surface area contributed by atoms with Gasteiger partial charge in [0.05, 0.1) is 11.6 Å². The standard InChI is InChI=1S/C20H15F2N3O2S/c21-12-3-1-11(2-4-12)18(26)25-20-24-17-15(9-10-16(17)28-20)19(27)23-14-7-5-13(22)6-8-14/h1-8,15H,9-10H2,(H,23,27)(H,24,25,26)/t15-/m0/s1. The van der Waals surface area contributed by atoms with Crippen molar-refractivity contribution >= 4 is 34.0 Å². The van der Waals surface area contributed by atoms with Crippen LogP contribution in [0.4, 0.5) is 19.6 Å². The van der Waals surface area contributed by atoms with E-state index in [0.717, 1.165) is 4.88 Å². The number of nitrogens with one attached hydrogen (secondary N) is 2. The number of hydrogen-bond donors (Lipinski definition) is 2. The fourth-order valence-corrected chi connectivity index (χ4v) is 4.10. The molecule has 1 aliphatic rings. The predicted octanol–water partition coefficient (Wildman–Crippen LogP) is 4.34. The Kier molecular flexibility index (Phi) is 4.87. The third kappa shape index (κ3) is 3.77. The predicted molar refractivity (Wildman–Crippen MR) is 103 cm³/mol. The number of carbonyl (C=O) groups is 2. The summed E-state index contributed by atoms with van der Waals surface area (Å²) in [6.45, 7) is 0. The lowest BCUT2D eigenvalue weighted by atomic mass is 10.1. The smallest absolute Gasteiger partial charge is 0.257 e. The van der Waals surface area contributed by atoms with Crippen molar-refractivity contribution in [3.63, 3.8) is 0 Å². The molecule has 1 aliphatic carbocycles. The highest BCUT2D eigenvalue weighted by atomic mass is 32.1. The summed E-state index contributed by atoms with van der Waals surface area (Å²) in [6, 6.07) is 10.8. The van der Waals surface area contributed by atoms with Gasteiger partial charge in [-0.2, -0.15) is 0 Å². The van der Waals surface area contributed by atoms with Crippen LogP contribution in [-0.2, 0) is 11.2 Å². The van der Waals surface area contributed by atoms with Crippen LogP contribution in [0.5, 0.6) is 0 Å². The normalized spacial score (nSPS) is 15.1. The molecule has 0 saturated carbocycles. The quantitative estimate of drug-likeness (QED) is 0.686. The van der Waals surface area contributed by atoms with Crippen molar-refractivity contribution in [2.24, 2.45) is 0 Å². The Bertz CT molecular complexity index is 1030. The largest absolute Gasteiger partial charge is 0.326 e. The maximum absolute atomic E-state index is 13.0. The first kappa shape index (κ1) is 18.2. The molecular formula is C20H15F2N3O2S. The molecule has 2 amide bonds. The van der Waals surface area contributed by atoms with E-state index < -0.39 is 11.7 Å². The molecule has 142 valence electrons. The van der Waals surface area contributed by atoms with Crippen molar-refractivity contribution in [2.75, 3.05) is 10.6 Å². The number of aromatic nitrogens is 1. The van der Waals surface area contributed by atoms with E-state index in [1.807, 2.05) is 0 Å². The zero-order chi connectivity index (χ0) is 19.7. The molecular weight excluding hydrogens is 384 g/mol. The van der Waals surface area contributed by atoms with E-state index in [2.05, 4.69) is 15.6 Å². The van der Waals surface area contributed by atoms with E-state index in [4.69, 9.17) is 0 Å². The molecule has 0 saturated heterocycles. The van der Waals surface area contributed by atoms with Gasteiger partial charge in [0.1, 0.15) is 11.6 Å². The second-order valence-corrected chi connectivity index (χ2v) is 7.46. The highest BCUT2D eigenvalue weighted by molar-refractivity contribution is 7.16. The second kappa shape index (κ2) is 7.47. The topological polar surface area (TPSA) is 71.1 Å². The first-order valence-electron chi connectivity index (χ1n) is 8.62. The van der Waals surface area contributed by atoms with Gasteiger partial charge in [-0.25, -0.2) is 13.8 Å². The molecule has 0 unspecified atom stereocenters. The highest BCUT2D eigenvalue weighted by Crippen LogP contribution is 2.39. The van der Waals surface area contributed by atoms with E-state index >= 15 is 0 Å². The maximum atomic E-state index is 13.0. The minimum Gasteiger partial charge on any atom is -0.326 e. The summed E-state index contributed by atoms with van der Waals surface area (Å²) < 4.78 is 26.0. The first-order valence-corrected chi connectivity index (χ1v) is 9.44. The van der Waals surface area contributed by atoms with Crippen LogP contribution in [0.3, 0.4) is 0 Å². The van der Waals surface area contributed by atoms with Gasteiger partial charge in [0.15, 0.2) is 5.13 Å². The Labute approximate surface area is 163 Å². The Balaban J connectivity index is 1.46. The molecule has 5 nitrogen and oxygen atoms in total. The summed E-state index contributed by atoms with van der Waals surface area (Å²) in [5, 5.41) is 5.87. The SMILES string of the molecule is O=C(Nc1nc2c(s1)CC[C@@H]2C(=O)Nc1ccc(F)cc1)c1ccc(F)cc1. The number of nitrogens with zero attached hydrogens (tertiary/aromatic N) is 1. The van der Waals surface area contributed by atoms with Gasteiger partial charge in [-0.05, 0) is 61.4 Å². The van der Waals surface area contributed by atoms with Crippen molar-refractivity contribution < 1.29 is 18.4 Å². The number of hydrogen-bond acceptors (Lipinski definition) is 4. The summed E-state index contributed by atoms with van der Waals surface area (Å²) in [4.78, 5) is 30.2. The maximum Gasteiger partial charge on any atom is 0.257 e. The number of fused-ring (bicyclic) bond motifs is 1. The molecule has 1 heterocycles. The molecule has 0 radical (unpaired) electrons. The zero-order valence-electron chi connectivity index (χ0n) is 14.5. The molecule has 1 aromatic heterocycles. The average molecular weight is 399 g/mol. The van der Waals surface area contributed by atoms with Gasteiger partial charge in [-0.3, -0.25) is 14.9 Å². The Morgan fingerprint density at radius 1 is 0.964 bits per heavy atom. The van der Waals surface area contributed by atoms with E-state index in [0.29, 0.717) is 34.9 Å². The molecule has 4 rings (SSSR count). The average Bonchev–Trinajstić information content (AvgIpc) is 3.24. The van der Waals surface area contributed by atoms with Crippen LogP contribution in [0, 0.1) is 11.6 Å². The van der Waals surface area contributed by atoms with Crippen molar-refractivity contribution in [3.8, 4) is 0 Å². The number of rotatable bonds is 4. The number of halogens is 2. The van der Waals surface area contributed by atoms with Gasteiger partial charge in [0.25, 0.3) is 5.91 Å². The molecule has 8 heteroatoms. The highest BCUT2D eigenvalue weighted by Gasteiger charge is 2.33. The van der Waals surface area contributed by atoms with Crippen molar-refractivity contribution in [2.45, 2.75) is 18.8 Å². The number of thiazole rings is 1. The van der Waals surface area contributed by atoms with Crippen LogP contribution >= 0.6 is 11.3 Å². The Hall–Kier alpha value is -3.13. The Morgan fingerprint density at radius 2 is 1.61 bits per heavy atom. The minimum absolute atomic E-state index is 0.216. The molecule has 2 aromatic carbocycles. The molecule has 1 atom stereocenters. The van der Waals surface area contributed by atoms with Crippen molar-refractivity contribution in [3.05, 3.63) is 76.3 Å². The lowest BCUT2D eigenvalue weighted by Gasteiger charge is -2.10. The fourth-order valence-electron chi connectivity index (χ4n) is 3.07. The van der Waals surface area contributed by atoms with Crippen LogP contribution < -0.4 is 10.6 Å². The van der Waals surface area contributed by atoms with Gasteiger partial charge < -0.3 is 5.32 Å². The third-order valence-electron chi connectivity index (χ3n) is 4.47. The summed E-state index contributed by atoms with van der Waals surface area (Å²) in [7, 11) is 0. The summed E-state index contributed by atoms with van der Waals surface area (Å²) in [5.41, 5.74) is 1.49. The lowest BCUT2D eigenvalue weighted by molar-refractivity contribution is -0.117. The van der Waals surface area contributed by atoms with Crippen LogP contribution in [0.1, 0.15) is 33.3 Å². The molecule has 0 aliphatic heterocycles. The molecule has 28 heavy (non-hydrogen) atoms. The van der Waals surface area contributed by atoms with Gasteiger partial charge in [-0.15, -0.1) is 11.3 Å². The molecule has 2 N–H and O–H groups in total. The van der Waals surface area contributed by atoms with Crippen LogP contribution in [-0.4, -0.2) is 16.8 Å². The minimum atomic E-state index is -0.423. The number of carbonyl (C=O) groups excluding carboxylic acids is 2. The number of anilines is 2. The van der Waals surface area contributed by atoms with Gasteiger partial charge in [-0.1, -0.05) is 0 Å². The number of aryl methyl sites for hydroxylation is 1. The van der Waals surface area contributed by atoms with E-state index in [-0.39, 0.29) is 17.6 Å². The summed E-state index contributed by atoms with van der Waals surface area (Å²) in [6.07, 6.45) is 1.33. The lowest BCUT2D eigenvalue weighted by Crippen LogP contribution is -2.20. The Morgan fingerprint density at radius 3 is 2.29 bits per heavy atom.